The van der Waals surface area contributed by atoms with Crippen molar-refractivity contribution < 1.29 is 18.0 Å². The molecule has 2 aromatic heterocycles. The van der Waals surface area contributed by atoms with Crippen LogP contribution in [0.4, 0.5) is 11.8 Å². The number of imidazole rings is 1. The summed E-state index contributed by atoms with van der Waals surface area (Å²) in [4.78, 5) is 13.2. The number of nitrogens with two attached hydrogens (primary N) is 2. The molecule has 0 unspecified atom stereocenters. The van der Waals surface area contributed by atoms with Gasteiger partial charge in [-0.15, -0.1) is 0 Å². The van der Waals surface area contributed by atoms with Gasteiger partial charge in [-0.1, -0.05) is 62.3 Å². The highest BCUT2D eigenvalue weighted by atomic mass is 28.4. The molecule has 0 aromatic carbocycles. The second-order valence-electron chi connectivity index (χ2n) is 16.1. The zero-order chi connectivity index (χ0) is 31.6. The lowest BCUT2D eigenvalue weighted by atomic mass is 10.1. The number of anilines is 2. The summed E-state index contributed by atoms with van der Waals surface area (Å²) in [6, 6.07) is 0. The molecule has 0 radical (unpaired) electrons. The van der Waals surface area contributed by atoms with Crippen LogP contribution in [0.25, 0.3) is 11.2 Å². The highest BCUT2D eigenvalue weighted by molar-refractivity contribution is 6.75. The third-order valence-corrected chi connectivity index (χ3v) is 23.4. The van der Waals surface area contributed by atoms with Crippen molar-refractivity contribution in [3.05, 3.63) is 6.33 Å². The Bertz CT molecular complexity index is 1230. The molecular weight excluding hydrogens is 569 g/mol. The molecule has 3 heterocycles. The third kappa shape index (κ3) is 6.91. The first-order valence-electron chi connectivity index (χ1n) is 14.7. The van der Waals surface area contributed by atoms with Gasteiger partial charge in [0.05, 0.1) is 12.9 Å². The number of nitrogen functional groups attached to an aromatic ring is 2. The second kappa shape index (κ2) is 11.0. The van der Waals surface area contributed by atoms with Gasteiger partial charge < -0.3 is 29.5 Å². The maximum absolute atomic E-state index is 7.22. The van der Waals surface area contributed by atoms with Gasteiger partial charge in [-0.05, 0) is 54.4 Å². The van der Waals surface area contributed by atoms with Gasteiger partial charge in [0.1, 0.15) is 23.8 Å². The molecule has 13 heteroatoms. The minimum Gasteiger partial charge on any atom is -0.414 e. The van der Waals surface area contributed by atoms with Gasteiger partial charge in [-0.2, -0.15) is 9.97 Å². The highest BCUT2D eigenvalue weighted by Gasteiger charge is 2.55. The lowest BCUT2D eigenvalue weighted by Crippen LogP contribution is -2.54. The minimum absolute atomic E-state index is 0.00469. The summed E-state index contributed by atoms with van der Waals surface area (Å²) in [5.74, 6) is 0.321. The largest absolute Gasteiger partial charge is 0.414 e. The van der Waals surface area contributed by atoms with E-state index in [1.807, 2.05) is 4.57 Å². The predicted octanol–water partition coefficient (Wildman–Crippen LogP) is 6.69. The van der Waals surface area contributed by atoms with Gasteiger partial charge in [-0.3, -0.25) is 4.57 Å². The smallest absolute Gasteiger partial charge is 0.224 e. The fourth-order valence-electron chi connectivity index (χ4n) is 4.02. The molecule has 0 amide bonds. The molecule has 0 saturated carbocycles. The molecule has 2 aromatic rings. The van der Waals surface area contributed by atoms with Gasteiger partial charge in [0.2, 0.25) is 5.95 Å². The zero-order valence-corrected chi connectivity index (χ0v) is 31.2. The predicted molar refractivity (Wildman–Crippen MR) is 175 cm³/mol. The summed E-state index contributed by atoms with van der Waals surface area (Å²) in [6.45, 7) is 34.2. The molecule has 4 N–H and O–H groups in total. The van der Waals surface area contributed by atoms with E-state index in [9.17, 15) is 0 Å². The van der Waals surface area contributed by atoms with Gasteiger partial charge in [0, 0.05) is 0 Å². The number of rotatable bonds is 8. The van der Waals surface area contributed by atoms with Crippen molar-refractivity contribution in [3.8, 4) is 0 Å². The Kier molecular flexibility index (Phi) is 9.13. The monoisotopic (exact) mass is 624 g/mol. The van der Waals surface area contributed by atoms with Crippen LogP contribution in [0.5, 0.6) is 0 Å². The van der Waals surface area contributed by atoms with E-state index in [2.05, 4.69) is 117 Å². The van der Waals surface area contributed by atoms with E-state index in [0.717, 1.165) is 0 Å². The standard InChI is InChI=1S/C28H56N6O4Si3/c1-26(2,3)39(10,11)35-16-18-20(37-40(12,13)27(4,5)6)21(38-41(14,15)28(7,8)9)24(36-18)34-17-31-19-22(29)32-25(30)33-23(19)34/h17-18,20-21,24H,16H2,1-15H3,(H4,29,30,32,33)/t18-,20-,21-,24-/m1/s1. The van der Waals surface area contributed by atoms with Crippen LogP contribution in [0.1, 0.15) is 68.5 Å². The third-order valence-electron chi connectivity index (χ3n) is 9.91. The van der Waals surface area contributed by atoms with Crippen LogP contribution < -0.4 is 11.5 Å². The van der Waals surface area contributed by atoms with Gasteiger partial charge in [0.15, 0.2) is 42.6 Å². The SMILES string of the molecule is CC(C)(C)[Si](C)(C)OC[C@H]1O[C@@H](n2cnc3c(N)nc(N)nc32)[C@H](O[Si](C)(C)C(C)(C)C)[C@@H]1O[Si](C)(C)C(C)(C)C. The molecule has 41 heavy (non-hydrogen) atoms. The summed E-state index contributed by atoms with van der Waals surface area (Å²) >= 11 is 0. The molecule has 1 fully saturated rings. The van der Waals surface area contributed by atoms with Crippen molar-refractivity contribution in [1.82, 2.24) is 19.5 Å². The van der Waals surface area contributed by atoms with Crippen LogP contribution in [0, 0.1) is 0 Å². The van der Waals surface area contributed by atoms with E-state index in [-0.39, 0.29) is 39.1 Å². The van der Waals surface area contributed by atoms with Gasteiger partial charge in [-0.25, -0.2) is 4.98 Å². The molecule has 0 aliphatic carbocycles. The Morgan fingerprint density at radius 1 is 0.780 bits per heavy atom. The summed E-state index contributed by atoms with van der Waals surface area (Å²) in [6.07, 6.45) is 0.00155. The molecule has 1 aliphatic rings. The highest BCUT2D eigenvalue weighted by Crippen LogP contribution is 2.47. The zero-order valence-electron chi connectivity index (χ0n) is 28.2. The van der Waals surface area contributed by atoms with Crippen LogP contribution in [-0.4, -0.2) is 69.4 Å². The number of ether oxygens (including phenoxy) is 1. The molecule has 10 nitrogen and oxygen atoms in total. The van der Waals surface area contributed by atoms with Crippen molar-refractivity contribution in [1.29, 1.82) is 0 Å². The van der Waals surface area contributed by atoms with Gasteiger partial charge in [0.25, 0.3) is 0 Å². The fraction of sp³-hybridized carbons (Fsp3) is 0.821. The minimum atomic E-state index is -2.29. The van der Waals surface area contributed by atoms with E-state index >= 15 is 0 Å². The molecule has 4 atom stereocenters. The molecule has 3 rings (SSSR count). The second-order valence-corrected chi connectivity index (χ2v) is 30.4. The summed E-state index contributed by atoms with van der Waals surface area (Å²) in [5, 5.41) is 0.0302. The van der Waals surface area contributed by atoms with E-state index in [1.54, 1.807) is 6.33 Å². The number of nitrogens with zero attached hydrogens (tertiary/aromatic N) is 4. The van der Waals surface area contributed by atoms with Crippen molar-refractivity contribution in [2.24, 2.45) is 0 Å². The van der Waals surface area contributed by atoms with Crippen molar-refractivity contribution >= 4 is 47.9 Å². The maximum Gasteiger partial charge on any atom is 0.224 e. The first-order valence-corrected chi connectivity index (χ1v) is 23.4. The van der Waals surface area contributed by atoms with Crippen LogP contribution >= 0.6 is 0 Å². The topological polar surface area (TPSA) is 133 Å². The lowest BCUT2D eigenvalue weighted by Gasteiger charge is -2.44. The van der Waals surface area contributed by atoms with Gasteiger partial charge >= 0.3 is 0 Å². The summed E-state index contributed by atoms with van der Waals surface area (Å²) < 4.78 is 30.0. The number of hydrogen-bond donors (Lipinski definition) is 2. The summed E-state index contributed by atoms with van der Waals surface area (Å²) in [7, 11) is -6.61. The molecule has 0 bridgehead atoms. The van der Waals surface area contributed by atoms with Crippen LogP contribution in [0.3, 0.4) is 0 Å². The van der Waals surface area contributed by atoms with Crippen LogP contribution in [-0.2, 0) is 18.0 Å². The molecule has 1 aliphatic heterocycles. The van der Waals surface area contributed by atoms with E-state index in [4.69, 9.17) is 29.5 Å². The Hall–Kier alpha value is -1.36. The fourth-order valence-corrected chi connectivity index (χ4v) is 7.64. The normalized spacial score (nSPS) is 23.5. The Labute approximate surface area is 250 Å². The van der Waals surface area contributed by atoms with Crippen molar-refractivity contribution in [3.63, 3.8) is 0 Å². The first kappa shape index (κ1) is 34.1. The molecular formula is C28H56N6O4Si3. The van der Waals surface area contributed by atoms with Crippen molar-refractivity contribution in [2.45, 2.75) is 141 Å². The van der Waals surface area contributed by atoms with E-state index in [1.165, 1.54) is 0 Å². The maximum atomic E-state index is 7.22. The molecule has 0 spiro atoms. The van der Waals surface area contributed by atoms with E-state index in [0.29, 0.717) is 17.8 Å². The number of hydrogen-bond acceptors (Lipinski definition) is 9. The molecule has 234 valence electrons. The van der Waals surface area contributed by atoms with E-state index < -0.39 is 37.3 Å². The van der Waals surface area contributed by atoms with Crippen LogP contribution in [0.2, 0.25) is 54.4 Å². The average Bonchev–Trinajstić information content (AvgIpc) is 3.31. The average molecular weight is 625 g/mol. The number of aromatic nitrogens is 4. The quantitative estimate of drug-likeness (QED) is 0.308. The Balaban J connectivity index is 2.18. The Morgan fingerprint density at radius 2 is 1.27 bits per heavy atom. The van der Waals surface area contributed by atoms with Crippen LogP contribution in [0.15, 0.2) is 6.33 Å². The first-order chi connectivity index (χ1) is 18.3. The Morgan fingerprint density at radius 3 is 1.76 bits per heavy atom. The summed E-state index contributed by atoms with van der Waals surface area (Å²) in [5.41, 5.74) is 13.2. The lowest BCUT2D eigenvalue weighted by molar-refractivity contribution is -0.0470. The number of fused-ring (bicyclic) bond motifs is 1. The van der Waals surface area contributed by atoms with Crippen molar-refractivity contribution in [2.75, 3.05) is 18.1 Å². The molecule has 1 saturated heterocycles.